The summed E-state index contributed by atoms with van der Waals surface area (Å²) in [4.78, 5) is 0. The number of aryl methyl sites for hydroxylation is 1. The number of thioether (sulfide) groups is 1. The van der Waals surface area contributed by atoms with Crippen molar-refractivity contribution in [2.24, 2.45) is 0 Å². The molecule has 1 aromatic carbocycles. The van der Waals surface area contributed by atoms with E-state index >= 15 is 0 Å². The molecule has 124 valence electrons. The minimum Gasteiger partial charge on any atom is -0.335 e. The number of hydrogen-bond acceptors (Lipinski definition) is 5. The first-order valence-corrected chi connectivity index (χ1v) is 9.22. The number of nitrogens with one attached hydrogen (secondary N) is 1. The van der Waals surface area contributed by atoms with Gasteiger partial charge in [0.25, 0.3) is 0 Å². The minimum absolute atomic E-state index is 0.562. The second-order valence-electron chi connectivity index (χ2n) is 5.55. The van der Waals surface area contributed by atoms with Crippen molar-refractivity contribution in [3.05, 3.63) is 45.1 Å². The summed E-state index contributed by atoms with van der Waals surface area (Å²) in [6.07, 6.45) is 3.14. The zero-order valence-electron chi connectivity index (χ0n) is 12.6. The molecule has 0 fully saturated rings. The zero-order chi connectivity index (χ0) is 16.7. The molecule has 1 aliphatic carbocycles. The Balaban J connectivity index is 1.59. The maximum absolute atomic E-state index is 6.20. The molecular weight excluding hydrogens is 367 g/mol. The summed E-state index contributed by atoms with van der Waals surface area (Å²) in [7, 11) is 0. The highest BCUT2D eigenvalue weighted by molar-refractivity contribution is 7.98. The Morgan fingerprint density at radius 3 is 2.79 bits per heavy atom. The second-order valence-corrected chi connectivity index (χ2v) is 7.30. The van der Waals surface area contributed by atoms with Crippen LogP contribution >= 0.6 is 35.0 Å². The lowest BCUT2D eigenvalue weighted by atomic mass is 10.2. The van der Waals surface area contributed by atoms with E-state index in [4.69, 9.17) is 29.0 Å². The van der Waals surface area contributed by atoms with Gasteiger partial charge in [0, 0.05) is 27.1 Å². The molecular formula is C15H14Cl2N6S. The number of benzene rings is 1. The number of H-pyrrole nitrogens is 1. The molecule has 0 radical (unpaired) electrons. The van der Waals surface area contributed by atoms with Crippen LogP contribution in [0.5, 0.6) is 0 Å². The van der Waals surface area contributed by atoms with E-state index < -0.39 is 0 Å². The van der Waals surface area contributed by atoms with Gasteiger partial charge in [-0.3, -0.25) is 5.10 Å². The van der Waals surface area contributed by atoms with Crippen molar-refractivity contribution in [1.29, 1.82) is 0 Å². The molecule has 0 unspecified atom stereocenters. The van der Waals surface area contributed by atoms with E-state index in [-0.39, 0.29) is 0 Å². The Labute approximate surface area is 152 Å². The molecule has 3 aromatic rings. The van der Waals surface area contributed by atoms with Gasteiger partial charge in [0.05, 0.1) is 0 Å². The first-order chi connectivity index (χ1) is 11.6. The predicted molar refractivity (Wildman–Crippen MR) is 95.8 cm³/mol. The van der Waals surface area contributed by atoms with Crippen molar-refractivity contribution < 1.29 is 0 Å². The lowest BCUT2D eigenvalue weighted by Gasteiger charge is -2.06. The SMILES string of the molecule is Nn1c(SCc2c(Cl)cccc2Cl)nnc1-c1n[nH]c2c1CCC2. The van der Waals surface area contributed by atoms with Crippen LogP contribution in [0.2, 0.25) is 10.0 Å². The average Bonchev–Trinajstić information content (AvgIpc) is 3.24. The highest BCUT2D eigenvalue weighted by Gasteiger charge is 2.24. The summed E-state index contributed by atoms with van der Waals surface area (Å²) in [6, 6.07) is 5.45. The Hall–Kier alpha value is -1.70. The van der Waals surface area contributed by atoms with Gasteiger partial charge < -0.3 is 5.84 Å². The fourth-order valence-electron chi connectivity index (χ4n) is 2.85. The Bertz CT molecular complexity index is 883. The standard InChI is InChI=1S/C15H14Cl2N6S/c16-10-4-2-5-11(17)9(10)7-24-15-22-21-14(23(15)18)13-8-3-1-6-12(8)19-20-13/h2,4-5H,1,3,6-7,18H2,(H,19,20). The van der Waals surface area contributed by atoms with Crippen molar-refractivity contribution in [2.75, 3.05) is 5.84 Å². The van der Waals surface area contributed by atoms with Crippen molar-refractivity contribution in [3.63, 3.8) is 0 Å². The molecule has 0 amide bonds. The average molecular weight is 381 g/mol. The fraction of sp³-hybridized carbons (Fsp3) is 0.267. The molecule has 0 saturated carbocycles. The highest BCUT2D eigenvalue weighted by atomic mass is 35.5. The lowest BCUT2D eigenvalue weighted by Crippen LogP contribution is -2.12. The van der Waals surface area contributed by atoms with Crippen LogP contribution < -0.4 is 5.84 Å². The summed E-state index contributed by atoms with van der Waals surface area (Å²) >= 11 is 13.8. The van der Waals surface area contributed by atoms with Gasteiger partial charge in [0.1, 0.15) is 5.69 Å². The maximum Gasteiger partial charge on any atom is 0.210 e. The number of nitrogen functional groups attached to an aromatic ring is 1. The van der Waals surface area contributed by atoms with E-state index in [2.05, 4.69) is 20.4 Å². The number of hydrogen-bond donors (Lipinski definition) is 2. The highest BCUT2D eigenvalue weighted by Crippen LogP contribution is 2.33. The van der Waals surface area contributed by atoms with Crippen LogP contribution in [0.1, 0.15) is 23.2 Å². The molecule has 4 rings (SSSR count). The molecule has 0 bridgehead atoms. The first-order valence-electron chi connectivity index (χ1n) is 7.48. The van der Waals surface area contributed by atoms with E-state index in [1.807, 2.05) is 18.2 Å². The molecule has 9 heteroatoms. The van der Waals surface area contributed by atoms with Crippen LogP contribution in [0.15, 0.2) is 23.4 Å². The van der Waals surface area contributed by atoms with Crippen LogP contribution in [-0.4, -0.2) is 25.1 Å². The summed E-state index contributed by atoms with van der Waals surface area (Å²) in [5.74, 6) is 7.31. The monoisotopic (exact) mass is 380 g/mol. The molecule has 2 heterocycles. The number of aromatic nitrogens is 5. The third-order valence-corrected chi connectivity index (χ3v) is 5.77. The van der Waals surface area contributed by atoms with Crippen molar-refractivity contribution in [3.8, 4) is 11.5 Å². The van der Waals surface area contributed by atoms with E-state index in [0.29, 0.717) is 26.8 Å². The third-order valence-electron chi connectivity index (χ3n) is 4.09. The van der Waals surface area contributed by atoms with Gasteiger partial charge in [-0.05, 0) is 37.0 Å². The molecule has 0 spiro atoms. The Morgan fingerprint density at radius 2 is 2.00 bits per heavy atom. The van der Waals surface area contributed by atoms with E-state index in [1.54, 1.807) is 0 Å². The van der Waals surface area contributed by atoms with Crippen molar-refractivity contribution in [1.82, 2.24) is 25.1 Å². The van der Waals surface area contributed by atoms with Gasteiger partial charge in [-0.2, -0.15) is 5.10 Å². The molecule has 0 saturated heterocycles. The second kappa shape index (κ2) is 6.31. The van der Waals surface area contributed by atoms with E-state index in [9.17, 15) is 0 Å². The van der Waals surface area contributed by atoms with Gasteiger partial charge in [-0.25, -0.2) is 4.68 Å². The van der Waals surface area contributed by atoms with Crippen LogP contribution in [0.4, 0.5) is 0 Å². The number of nitrogens with two attached hydrogens (primary N) is 1. The summed E-state index contributed by atoms with van der Waals surface area (Å²) in [5.41, 5.74) is 4.01. The predicted octanol–water partition coefficient (Wildman–Crippen LogP) is 3.47. The van der Waals surface area contributed by atoms with E-state index in [1.165, 1.54) is 27.7 Å². The number of nitrogens with zero attached hydrogens (tertiary/aromatic N) is 4. The normalized spacial score (nSPS) is 13.4. The fourth-order valence-corrected chi connectivity index (χ4v) is 4.45. The molecule has 2 aromatic heterocycles. The van der Waals surface area contributed by atoms with E-state index in [0.717, 1.165) is 30.5 Å². The molecule has 1 aliphatic rings. The summed E-state index contributed by atoms with van der Waals surface area (Å²) in [6.45, 7) is 0. The molecule has 0 atom stereocenters. The van der Waals surface area contributed by atoms with Crippen LogP contribution in [-0.2, 0) is 18.6 Å². The smallest absolute Gasteiger partial charge is 0.210 e. The number of halogens is 2. The van der Waals surface area contributed by atoms with Crippen LogP contribution in [0.25, 0.3) is 11.5 Å². The lowest BCUT2D eigenvalue weighted by molar-refractivity contribution is 0.839. The molecule has 0 aliphatic heterocycles. The van der Waals surface area contributed by atoms with Gasteiger partial charge in [-0.1, -0.05) is 41.0 Å². The summed E-state index contributed by atoms with van der Waals surface area (Å²) in [5, 5.41) is 17.7. The summed E-state index contributed by atoms with van der Waals surface area (Å²) < 4.78 is 1.48. The number of aromatic amines is 1. The molecule has 6 nitrogen and oxygen atoms in total. The molecule has 24 heavy (non-hydrogen) atoms. The van der Waals surface area contributed by atoms with Crippen LogP contribution in [0.3, 0.4) is 0 Å². The minimum atomic E-state index is 0.562. The quantitative estimate of drug-likeness (QED) is 0.534. The topological polar surface area (TPSA) is 85.4 Å². The largest absolute Gasteiger partial charge is 0.335 e. The Kier molecular flexibility index (Phi) is 4.15. The van der Waals surface area contributed by atoms with Gasteiger partial charge >= 0.3 is 0 Å². The van der Waals surface area contributed by atoms with Crippen molar-refractivity contribution >= 4 is 35.0 Å². The molecule has 3 N–H and O–H groups in total. The maximum atomic E-state index is 6.20. The van der Waals surface area contributed by atoms with Gasteiger partial charge in [0.15, 0.2) is 0 Å². The van der Waals surface area contributed by atoms with Gasteiger partial charge in [0.2, 0.25) is 11.0 Å². The van der Waals surface area contributed by atoms with Crippen LogP contribution in [0, 0.1) is 0 Å². The number of fused-ring (bicyclic) bond motifs is 1. The first kappa shape index (κ1) is 15.8. The van der Waals surface area contributed by atoms with Gasteiger partial charge in [-0.15, -0.1) is 10.2 Å². The number of rotatable bonds is 4. The Morgan fingerprint density at radius 1 is 1.21 bits per heavy atom. The van der Waals surface area contributed by atoms with Crippen molar-refractivity contribution in [2.45, 2.75) is 30.2 Å². The third kappa shape index (κ3) is 2.66. The zero-order valence-corrected chi connectivity index (χ0v) is 14.9.